The van der Waals surface area contributed by atoms with E-state index in [1.807, 2.05) is 6.07 Å². The number of carbonyl (C=O) groups excluding carboxylic acids is 2. The van der Waals surface area contributed by atoms with Gasteiger partial charge in [-0.3, -0.25) is 9.59 Å². The summed E-state index contributed by atoms with van der Waals surface area (Å²) in [5, 5.41) is 7.57. The van der Waals surface area contributed by atoms with E-state index in [2.05, 4.69) is 26.8 Å². The van der Waals surface area contributed by atoms with Crippen LogP contribution in [0, 0.1) is 0 Å². The van der Waals surface area contributed by atoms with Crippen molar-refractivity contribution in [3.63, 3.8) is 0 Å². The molecule has 0 radical (unpaired) electrons. The molecule has 0 aliphatic carbocycles. The molecule has 0 spiro atoms. The minimum Gasteiger partial charge on any atom is -0.363 e. The van der Waals surface area contributed by atoms with E-state index < -0.39 is 11.8 Å². The zero-order valence-corrected chi connectivity index (χ0v) is 13.8. The first-order chi connectivity index (χ1) is 10.6. The van der Waals surface area contributed by atoms with Gasteiger partial charge in [0.05, 0.1) is 11.2 Å². The zero-order valence-electron chi connectivity index (χ0n) is 13.0. The SMILES string of the molecule is CC(C)NC(=O)C(=O)N/N=C\c1ccc(N2CCCCC2)s1. The molecule has 0 unspecified atom stereocenters. The monoisotopic (exact) mass is 322 g/mol. The minimum atomic E-state index is -0.752. The maximum atomic E-state index is 11.5. The van der Waals surface area contributed by atoms with Crippen LogP contribution < -0.4 is 15.6 Å². The summed E-state index contributed by atoms with van der Waals surface area (Å²) < 4.78 is 0. The van der Waals surface area contributed by atoms with Crippen LogP contribution in [-0.4, -0.2) is 37.2 Å². The van der Waals surface area contributed by atoms with Crippen LogP contribution in [0.25, 0.3) is 0 Å². The van der Waals surface area contributed by atoms with Crippen molar-refractivity contribution in [1.82, 2.24) is 10.7 Å². The average molecular weight is 322 g/mol. The molecule has 7 heteroatoms. The van der Waals surface area contributed by atoms with Gasteiger partial charge < -0.3 is 10.2 Å². The normalized spacial score (nSPS) is 15.3. The van der Waals surface area contributed by atoms with Crippen molar-refractivity contribution < 1.29 is 9.59 Å². The maximum absolute atomic E-state index is 11.5. The number of anilines is 1. The molecule has 2 rings (SSSR count). The number of hydrogen-bond acceptors (Lipinski definition) is 5. The van der Waals surface area contributed by atoms with Crippen molar-refractivity contribution in [2.24, 2.45) is 5.10 Å². The van der Waals surface area contributed by atoms with Crippen molar-refractivity contribution in [3.05, 3.63) is 17.0 Å². The Kier molecular flexibility index (Phi) is 5.94. The largest absolute Gasteiger partial charge is 0.363 e. The van der Waals surface area contributed by atoms with Crippen molar-refractivity contribution in [2.75, 3.05) is 18.0 Å². The lowest BCUT2D eigenvalue weighted by Gasteiger charge is -2.27. The highest BCUT2D eigenvalue weighted by Crippen LogP contribution is 2.27. The first kappa shape index (κ1) is 16.5. The van der Waals surface area contributed by atoms with Crippen LogP contribution in [0.3, 0.4) is 0 Å². The highest BCUT2D eigenvalue weighted by Gasteiger charge is 2.14. The van der Waals surface area contributed by atoms with Gasteiger partial charge in [-0.1, -0.05) is 0 Å². The number of piperidine rings is 1. The summed E-state index contributed by atoms with van der Waals surface area (Å²) in [6.07, 6.45) is 5.35. The first-order valence-electron chi connectivity index (χ1n) is 7.55. The van der Waals surface area contributed by atoms with Crippen LogP contribution in [0.2, 0.25) is 0 Å². The lowest BCUT2D eigenvalue weighted by Crippen LogP contribution is -2.41. The van der Waals surface area contributed by atoms with Crippen LogP contribution in [-0.2, 0) is 9.59 Å². The molecule has 1 fully saturated rings. The summed E-state index contributed by atoms with van der Waals surface area (Å²) >= 11 is 1.63. The van der Waals surface area contributed by atoms with Gasteiger partial charge in [-0.15, -0.1) is 11.3 Å². The van der Waals surface area contributed by atoms with E-state index in [0.717, 1.165) is 18.0 Å². The Morgan fingerprint density at radius 2 is 1.95 bits per heavy atom. The van der Waals surface area contributed by atoms with E-state index in [1.54, 1.807) is 31.4 Å². The molecular weight excluding hydrogens is 300 g/mol. The van der Waals surface area contributed by atoms with Crippen LogP contribution >= 0.6 is 11.3 Å². The molecule has 0 saturated carbocycles. The molecule has 2 heterocycles. The van der Waals surface area contributed by atoms with Crippen LogP contribution in [0.5, 0.6) is 0 Å². The highest BCUT2D eigenvalue weighted by molar-refractivity contribution is 7.17. The highest BCUT2D eigenvalue weighted by atomic mass is 32.1. The summed E-state index contributed by atoms with van der Waals surface area (Å²) in [6.45, 7) is 5.79. The molecule has 0 aromatic carbocycles. The molecule has 1 aliphatic heterocycles. The minimum absolute atomic E-state index is 0.0772. The molecule has 0 bridgehead atoms. The number of nitrogens with zero attached hydrogens (tertiary/aromatic N) is 2. The van der Waals surface area contributed by atoms with Crippen molar-refractivity contribution >= 4 is 34.4 Å². The second-order valence-corrected chi connectivity index (χ2v) is 6.64. The number of rotatable bonds is 4. The maximum Gasteiger partial charge on any atom is 0.329 e. The lowest BCUT2D eigenvalue weighted by molar-refractivity contribution is -0.139. The third-order valence-electron chi connectivity index (χ3n) is 3.26. The summed E-state index contributed by atoms with van der Waals surface area (Å²) in [6, 6.07) is 3.97. The zero-order chi connectivity index (χ0) is 15.9. The van der Waals surface area contributed by atoms with E-state index in [0.29, 0.717) is 0 Å². The second kappa shape index (κ2) is 7.93. The Morgan fingerprint density at radius 1 is 1.23 bits per heavy atom. The molecule has 2 N–H and O–H groups in total. The Balaban J connectivity index is 1.84. The Hall–Kier alpha value is -1.89. The predicted molar refractivity (Wildman–Crippen MR) is 89.4 cm³/mol. The van der Waals surface area contributed by atoms with Crippen LogP contribution in [0.1, 0.15) is 38.0 Å². The smallest absolute Gasteiger partial charge is 0.329 e. The van der Waals surface area contributed by atoms with Crippen LogP contribution in [0.4, 0.5) is 5.00 Å². The van der Waals surface area contributed by atoms with Gasteiger partial charge in [-0.05, 0) is 45.2 Å². The molecule has 120 valence electrons. The number of thiophene rings is 1. The molecule has 1 aromatic rings. The topological polar surface area (TPSA) is 73.8 Å². The first-order valence-corrected chi connectivity index (χ1v) is 8.36. The van der Waals surface area contributed by atoms with E-state index >= 15 is 0 Å². The lowest BCUT2D eigenvalue weighted by atomic mass is 10.1. The molecular formula is C15H22N4O2S. The molecule has 1 saturated heterocycles. The van der Waals surface area contributed by atoms with Gasteiger partial charge in [0, 0.05) is 24.0 Å². The summed E-state index contributed by atoms with van der Waals surface area (Å²) in [5.74, 6) is -1.43. The number of amides is 2. The fraction of sp³-hybridized carbons (Fsp3) is 0.533. The molecule has 6 nitrogen and oxygen atoms in total. The number of nitrogens with one attached hydrogen (secondary N) is 2. The molecule has 0 atom stereocenters. The van der Waals surface area contributed by atoms with E-state index in [1.165, 1.54) is 24.3 Å². The van der Waals surface area contributed by atoms with Gasteiger partial charge in [0.1, 0.15) is 0 Å². The third-order valence-corrected chi connectivity index (χ3v) is 4.34. The number of hydrogen-bond donors (Lipinski definition) is 2. The summed E-state index contributed by atoms with van der Waals surface area (Å²) in [7, 11) is 0. The fourth-order valence-electron chi connectivity index (χ4n) is 2.23. The van der Waals surface area contributed by atoms with Gasteiger partial charge in [-0.25, -0.2) is 5.43 Å². The van der Waals surface area contributed by atoms with E-state index in [9.17, 15) is 9.59 Å². The summed E-state index contributed by atoms with van der Waals surface area (Å²) in [5.41, 5.74) is 2.24. The summed E-state index contributed by atoms with van der Waals surface area (Å²) in [4.78, 5) is 26.2. The number of carbonyl (C=O) groups is 2. The second-order valence-electron chi connectivity index (χ2n) is 5.55. The van der Waals surface area contributed by atoms with Gasteiger partial charge in [0.25, 0.3) is 0 Å². The number of hydrazone groups is 1. The van der Waals surface area contributed by atoms with Gasteiger partial charge >= 0.3 is 11.8 Å². The van der Waals surface area contributed by atoms with Crippen molar-refractivity contribution in [3.8, 4) is 0 Å². The molecule has 1 aliphatic rings. The molecule has 22 heavy (non-hydrogen) atoms. The average Bonchev–Trinajstić information content (AvgIpc) is 2.96. The third kappa shape index (κ3) is 4.84. The Morgan fingerprint density at radius 3 is 2.64 bits per heavy atom. The predicted octanol–water partition coefficient (Wildman–Crippen LogP) is 1.71. The van der Waals surface area contributed by atoms with E-state index in [4.69, 9.17) is 0 Å². The standard InChI is InChI=1S/C15H22N4O2S/c1-11(2)17-14(20)15(21)18-16-10-12-6-7-13(22-12)19-8-4-3-5-9-19/h6-7,10-11H,3-5,8-9H2,1-2H3,(H,17,20)(H,18,21)/b16-10-. The molecule has 2 amide bonds. The quantitative estimate of drug-likeness (QED) is 0.503. The fourth-order valence-corrected chi connectivity index (χ4v) is 3.16. The Bertz CT molecular complexity index is 547. The van der Waals surface area contributed by atoms with Crippen molar-refractivity contribution in [1.29, 1.82) is 0 Å². The van der Waals surface area contributed by atoms with Crippen molar-refractivity contribution in [2.45, 2.75) is 39.2 Å². The van der Waals surface area contributed by atoms with Gasteiger partial charge in [0.15, 0.2) is 0 Å². The van der Waals surface area contributed by atoms with Gasteiger partial charge in [-0.2, -0.15) is 5.10 Å². The molecule has 1 aromatic heterocycles. The van der Waals surface area contributed by atoms with Gasteiger partial charge in [0.2, 0.25) is 0 Å². The van der Waals surface area contributed by atoms with E-state index in [-0.39, 0.29) is 6.04 Å². The Labute approximate surface area is 134 Å². The van der Waals surface area contributed by atoms with Crippen LogP contribution in [0.15, 0.2) is 17.2 Å².